The zero-order chi connectivity index (χ0) is 17.1. The Morgan fingerprint density at radius 1 is 1.25 bits per heavy atom. The summed E-state index contributed by atoms with van der Waals surface area (Å²) >= 11 is 0. The third-order valence-corrected chi connectivity index (χ3v) is 4.54. The van der Waals surface area contributed by atoms with Crippen molar-refractivity contribution in [2.45, 2.75) is 25.5 Å². The number of rotatable bonds is 4. The van der Waals surface area contributed by atoms with Crippen molar-refractivity contribution in [2.24, 2.45) is 5.92 Å². The average Bonchev–Trinajstić information content (AvgIpc) is 2.59. The van der Waals surface area contributed by atoms with E-state index in [4.69, 9.17) is 4.42 Å². The molecule has 0 amide bonds. The van der Waals surface area contributed by atoms with E-state index in [9.17, 15) is 19.4 Å². The number of nitrogens with zero attached hydrogens (tertiary/aromatic N) is 1. The SMILES string of the molecule is O=c1cc(CN2CCC(C(O)c3ccc(F)cc3)CC2)occ1O. The van der Waals surface area contributed by atoms with Crippen LogP contribution in [-0.2, 0) is 6.54 Å². The molecule has 2 aromatic rings. The number of aliphatic hydroxyl groups excluding tert-OH is 1. The van der Waals surface area contributed by atoms with Crippen molar-refractivity contribution >= 4 is 0 Å². The maximum Gasteiger partial charge on any atom is 0.226 e. The summed E-state index contributed by atoms with van der Waals surface area (Å²) in [7, 11) is 0. The number of piperidine rings is 1. The second kappa shape index (κ2) is 7.15. The molecule has 1 saturated heterocycles. The van der Waals surface area contributed by atoms with Crippen molar-refractivity contribution in [2.75, 3.05) is 13.1 Å². The van der Waals surface area contributed by atoms with Gasteiger partial charge in [-0.3, -0.25) is 9.69 Å². The van der Waals surface area contributed by atoms with E-state index in [2.05, 4.69) is 4.90 Å². The molecular formula is C18H20FNO4. The van der Waals surface area contributed by atoms with Crippen LogP contribution >= 0.6 is 0 Å². The van der Waals surface area contributed by atoms with Crippen LogP contribution < -0.4 is 5.43 Å². The van der Waals surface area contributed by atoms with E-state index in [1.165, 1.54) is 18.2 Å². The molecule has 2 heterocycles. The Kier molecular flexibility index (Phi) is 4.97. The van der Waals surface area contributed by atoms with Crippen molar-refractivity contribution in [3.63, 3.8) is 0 Å². The van der Waals surface area contributed by atoms with Crippen molar-refractivity contribution in [3.05, 3.63) is 64.0 Å². The Labute approximate surface area is 139 Å². The predicted molar refractivity (Wildman–Crippen MR) is 86.0 cm³/mol. The number of halogens is 1. The van der Waals surface area contributed by atoms with Gasteiger partial charge in [0.25, 0.3) is 0 Å². The van der Waals surface area contributed by atoms with Crippen molar-refractivity contribution in [1.29, 1.82) is 0 Å². The van der Waals surface area contributed by atoms with E-state index in [0.717, 1.165) is 37.8 Å². The first-order valence-corrected chi connectivity index (χ1v) is 7.99. The van der Waals surface area contributed by atoms with Crippen LogP contribution in [0.3, 0.4) is 0 Å². The fourth-order valence-corrected chi connectivity index (χ4v) is 3.11. The summed E-state index contributed by atoms with van der Waals surface area (Å²) in [6.07, 6.45) is 2.07. The molecule has 1 fully saturated rings. The number of likely N-dealkylation sites (tertiary alicyclic amines) is 1. The van der Waals surface area contributed by atoms with Gasteiger partial charge in [-0.05, 0) is 49.5 Å². The van der Waals surface area contributed by atoms with Gasteiger partial charge in [0.05, 0.1) is 12.6 Å². The molecular weight excluding hydrogens is 313 g/mol. The molecule has 128 valence electrons. The molecule has 1 aromatic heterocycles. The largest absolute Gasteiger partial charge is 0.502 e. The zero-order valence-corrected chi connectivity index (χ0v) is 13.2. The van der Waals surface area contributed by atoms with Gasteiger partial charge in [-0.25, -0.2) is 4.39 Å². The van der Waals surface area contributed by atoms with E-state index >= 15 is 0 Å². The van der Waals surface area contributed by atoms with Crippen molar-refractivity contribution < 1.29 is 19.0 Å². The highest BCUT2D eigenvalue weighted by Crippen LogP contribution is 2.31. The lowest BCUT2D eigenvalue weighted by atomic mass is 9.87. The first-order chi connectivity index (χ1) is 11.5. The Morgan fingerprint density at radius 3 is 2.54 bits per heavy atom. The highest BCUT2D eigenvalue weighted by atomic mass is 19.1. The van der Waals surface area contributed by atoms with Gasteiger partial charge < -0.3 is 14.6 Å². The Morgan fingerprint density at radius 2 is 1.92 bits per heavy atom. The lowest BCUT2D eigenvalue weighted by molar-refractivity contribution is 0.0546. The summed E-state index contributed by atoms with van der Waals surface area (Å²) in [5.74, 6) is -0.0649. The van der Waals surface area contributed by atoms with Gasteiger partial charge in [0.15, 0.2) is 5.75 Å². The molecule has 1 atom stereocenters. The molecule has 1 unspecified atom stereocenters. The fourth-order valence-electron chi connectivity index (χ4n) is 3.11. The van der Waals surface area contributed by atoms with Crippen LogP contribution in [0.5, 0.6) is 5.75 Å². The maximum atomic E-state index is 13.0. The summed E-state index contributed by atoms with van der Waals surface area (Å²) < 4.78 is 18.2. The molecule has 2 N–H and O–H groups in total. The number of aromatic hydroxyl groups is 1. The molecule has 0 saturated carbocycles. The molecule has 5 nitrogen and oxygen atoms in total. The lowest BCUT2D eigenvalue weighted by Crippen LogP contribution is -2.35. The first kappa shape index (κ1) is 16.7. The second-order valence-corrected chi connectivity index (χ2v) is 6.21. The first-order valence-electron chi connectivity index (χ1n) is 7.99. The van der Waals surface area contributed by atoms with Crippen LogP contribution in [0.2, 0.25) is 0 Å². The highest BCUT2D eigenvalue weighted by Gasteiger charge is 2.26. The summed E-state index contributed by atoms with van der Waals surface area (Å²) in [4.78, 5) is 13.6. The quantitative estimate of drug-likeness (QED) is 0.899. The molecule has 1 aliphatic rings. The van der Waals surface area contributed by atoms with Gasteiger partial charge in [-0.15, -0.1) is 0 Å². The van der Waals surface area contributed by atoms with Gasteiger partial charge in [0.2, 0.25) is 5.43 Å². The summed E-state index contributed by atoms with van der Waals surface area (Å²) in [5.41, 5.74) is 0.289. The number of hydrogen-bond donors (Lipinski definition) is 2. The van der Waals surface area contributed by atoms with Crippen LogP contribution in [0.4, 0.5) is 4.39 Å². The molecule has 1 aliphatic heterocycles. The predicted octanol–water partition coefficient (Wildman–Crippen LogP) is 2.43. The normalized spacial score (nSPS) is 17.8. The van der Waals surface area contributed by atoms with Crippen LogP contribution in [-0.4, -0.2) is 28.2 Å². The van der Waals surface area contributed by atoms with Gasteiger partial charge in [0, 0.05) is 6.07 Å². The van der Waals surface area contributed by atoms with Crippen molar-refractivity contribution in [3.8, 4) is 5.75 Å². The Balaban J connectivity index is 1.56. The summed E-state index contributed by atoms with van der Waals surface area (Å²) in [5, 5.41) is 19.7. The van der Waals surface area contributed by atoms with E-state index in [1.54, 1.807) is 12.1 Å². The average molecular weight is 333 g/mol. The number of aliphatic hydroxyl groups is 1. The summed E-state index contributed by atoms with van der Waals surface area (Å²) in [6, 6.07) is 7.27. The molecule has 0 spiro atoms. The molecule has 24 heavy (non-hydrogen) atoms. The third-order valence-electron chi connectivity index (χ3n) is 4.54. The molecule has 0 aliphatic carbocycles. The second-order valence-electron chi connectivity index (χ2n) is 6.21. The summed E-state index contributed by atoms with van der Waals surface area (Å²) in [6.45, 7) is 2.04. The van der Waals surface area contributed by atoms with Crippen molar-refractivity contribution in [1.82, 2.24) is 4.90 Å². The minimum atomic E-state index is -0.598. The molecule has 0 bridgehead atoms. The number of hydrogen-bond acceptors (Lipinski definition) is 5. The number of benzene rings is 1. The van der Waals surface area contributed by atoms with E-state index in [-0.39, 0.29) is 17.5 Å². The van der Waals surface area contributed by atoms with Gasteiger partial charge in [-0.2, -0.15) is 0 Å². The molecule has 1 aromatic carbocycles. The highest BCUT2D eigenvalue weighted by molar-refractivity contribution is 5.19. The van der Waals surface area contributed by atoms with E-state index < -0.39 is 11.5 Å². The molecule has 6 heteroatoms. The van der Waals surface area contributed by atoms with E-state index in [1.807, 2.05) is 0 Å². The lowest BCUT2D eigenvalue weighted by Gasteiger charge is -2.34. The Hall–Kier alpha value is -2.18. The topological polar surface area (TPSA) is 73.9 Å². The third kappa shape index (κ3) is 3.83. The monoisotopic (exact) mass is 333 g/mol. The standard InChI is InChI=1S/C18H20FNO4/c19-14-3-1-12(2-4-14)18(23)13-5-7-20(8-6-13)10-15-9-16(21)17(22)11-24-15/h1-4,9,11,13,18,22-23H,5-8,10H2. The molecule has 3 rings (SSSR count). The minimum Gasteiger partial charge on any atom is -0.502 e. The minimum absolute atomic E-state index is 0.124. The van der Waals surface area contributed by atoms with Crippen LogP contribution in [0.1, 0.15) is 30.3 Å². The van der Waals surface area contributed by atoms with Gasteiger partial charge >= 0.3 is 0 Å². The fraction of sp³-hybridized carbons (Fsp3) is 0.389. The van der Waals surface area contributed by atoms with Crippen LogP contribution in [0, 0.1) is 11.7 Å². The smallest absolute Gasteiger partial charge is 0.226 e. The van der Waals surface area contributed by atoms with Crippen LogP contribution in [0.15, 0.2) is 45.8 Å². The van der Waals surface area contributed by atoms with Gasteiger partial charge in [0.1, 0.15) is 17.8 Å². The van der Waals surface area contributed by atoms with E-state index in [0.29, 0.717) is 12.3 Å². The molecule has 0 radical (unpaired) electrons. The van der Waals surface area contributed by atoms with Gasteiger partial charge in [-0.1, -0.05) is 12.1 Å². The Bertz CT molecular complexity index is 735. The van der Waals surface area contributed by atoms with Crippen LogP contribution in [0.25, 0.3) is 0 Å². The zero-order valence-electron chi connectivity index (χ0n) is 13.2. The maximum absolute atomic E-state index is 13.0.